The highest BCUT2D eigenvalue weighted by molar-refractivity contribution is 5.95. The molecule has 0 bridgehead atoms. The van der Waals surface area contributed by atoms with Gasteiger partial charge in [0, 0.05) is 11.4 Å². The first-order valence-corrected chi connectivity index (χ1v) is 7.39. The van der Waals surface area contributed by atoms with E-state index in [2.05, 4.69) is 17.2 Å². The average Bonchev–Trinajstić information content (AvgIpc) is 2.49. The first kappa shape index (κ1) is 13.1. The second kappa shape index (κ2) is 5.61. The lowest BCUT2D eigenvalue weighted by Gasteiger charge is -2.26. The summed E-state index contributed by atoms with van der Waals surface area (Å²) in [4.78, 5) is 16.7. The second-order valence-electron chi connectivity index (χ2n) is 5.82. The Morgan fingerprint density at radius 1 is 1.10 bits per heavy atom. The van der Waals surface area contributed by atoms with E-state index in [0.29, 0.717) is 11.7 Å². The molecule has 3 heteroatoms. The van der Waals surface area contributed by atoms with Gasteiger partial charge in [-0.2, -0.15) is 0 Å². The molecule has 1 aromatic heterocycles. The number of carbonyl (C=O) groups excluding carboxylic acids is 1. The van der Waals surface area contributed by atoms with Crippen LogP contribution in [0, 0.1) is 5.92 Å². The smallest absolute Gasteiger partial charge is 0.270 e. The van der Waals surface area contributed by atoms with Crippen LogP contribution in [0.15, 0.2) is 36.4 Å². The third-order valence-corrected chi connectivity index (χ3v) is 4.18. The molecule has 1 aliphatic carbocycles. The van der Waals surface area contributed by atoms with Crippen LogP contribution in [0.5, 0.6) is 0 Å². The van der Waals surface area contributed by atoms with Gasteiger partial charge in [0.2, 0.25) is 0 Å². The van der Waals surface area contributed by atoms with E-state index in [1.54, 1.807) is 0 Å². The summed E-state index contributed by atoms with van der Waals surface area (Å²) in [5.74, 6) is 0.747. The van der Waals surface area contributed by atoms with Gasteiger partial charge in [0.15, 0.2) is 0 Å². The van der Waals surface area contributed by atoms with Crippen LogP contribution in [0.25, 0.3) is 10.9 Å². The summed E-state index contributed by atoms with van der Waals surface area (Å²) in [6.07, 6.45) is 4.58. The number of hydrogen-bond acceptors (Lipinski definition) is 2. The Kier molecular flexibility index (Phi) is 3.68. The Labute approximate surface area is 119 Å². The van der Waals surface area contributed by atoms with Crippen molar-refractivity contribution in [3.63, 3.8) is 0 Å². The maximum absolute atomic E-state index is 12.3. The molecule has 1 aliphatic rings. The van der Waals surface area contributed by atoms with Crippen molar-refractivity contribution < 1.29 is 4.79 Å². The largest absolute Gasteiger partial charge is 0.348 e. The van der Waals surface area contributed by atoms with E-state index in [1.165, 1.54) is 12.8 Å². The second-order valence-corrected chi connectivity index (χ2v) is 5.82. The first-order chi connectivity index (χ1) is 9.72. The highest BCUT2D eigenvalue weighted by Crippen LogP contribution is 2.23. The van der Waals surface area contributed by atoms with E-state index in [0.717, 1.165) is 29.7 Å². The van der Waals surface area contributed by atoms with Crippen molar-refractivity contribution in [2.24, 2.45) is 5.92 Å². The predicted molar refractivity (Wildman–Crippen MR) is 80.6 cm³/mol. The number of hydrogen-bond donors (Lipinski definition) is 1. The van der Waals surface area contributed by atoms with Crippen molar-refractivity contribution in [1.82, 2.24) is 10.3 Å². The topological polar surface area (TPSA) is 42.0 Å². The summed E-state index contributed by atoms with van der Waals surface area (Å²) in [5, 5.41) is 4.18. The van der Waals surface area contributed by atoms with Gasteiger partial charge >= 0.3 is 0 Å². The summed E-state index contributed by atoms with van der Waals surface area (Å²) in [5.41, 5.74) is 1.39. The number of amides is 1. The minimum atomic E-state index is -0.0460. The average molecular weight is 268 g/mol. The molecule has 0 aliphatic heterocycles. The molecule has 0 radical (unpaired) electrons. The molecule has 1 saturated carbocycles. The Morgan fingerprint density at radius 3 is 2.65 bits per heavy atom. The van der Waals surface area contributed by atoms with Crippen molar-refractivity contribution in [1.29, 1.82) is 0 Å². The van der Waals surface area contributed by atoms with Gasteiger partial charge in [-0.05, 0) is 43.7 Å². The number of para-hydroxylation sites is 1. The molecular formula is C17H20N2O. The zero-order valence-electron chi connectivity index (χ0n) is 11.8. The minimum Gasteiger partial charge on any atom is -0.348 e. The Hall–Kier alpha value is -1.90. The number of pyridine rings is 1. The van der Waals surface area contributed by atoms with Gasteiger partial charge in [-0.15, -0.1) is 0 Å². The first-order valence-electron chi connectivity index (χ1n) is 7.39. The molecule has 0 saturated heterocycles. The van der Waals surface area contributed by atoms with Gasteiger partial charge in [0.25, 0.3) is 5.91 Å². The normalized spacial score (nSPS) is 22.6. The summed E-state index contributed by atoms with van der Waals surface area (Å²) >= 11 is 0. The third kappa shape index (κ3) is 2.82. The predicted octanol–water partition coefficient (Wildman–Crippen LogP) is 3.54. The van der Waals surface area contributed by atoms with E-state index in [4.69, 9.17) is 0 Å². The van der Waals surface area contributed by atoms with Crippen molar-refractivity contribution in [2.75, 3.05) is 0 Å². The lowest BCUT2D eigenvalue weighted by atomic mass is 9.87. The zero-order valence-corrected chi connectivity index (χ0v) is 11.8. The van der Waals surface area contributed by atoms with Gasteiger partial charge in [-0.25, -0.2) is 4.98 Å². The third-order valence-electron chi connectivity index (χ3n) is 4.18. The SMILES string of the molecule is CC1CCC(NC(=O)c2ccc3ccccc3n2)CC1. The van der Waals surface area contributed by atoms with Crippen LogP contribution in [-0.4, -0.2) is 16.9 Å². The van der Waals surface area contributed by atoms with Crippen LogP contribution in [-0.2, 0) is 0 Å². The fraction of sp³-hybridized carbons (Fsp3) is 0.412. The fourth-order valence-electron chi connectivity index (χ4n) is 2.86. The molecule has 0 spiro atoms. The maximum Gasteiger partial charge on any atom is 0.270 e. The van der Waals surface area contributed by atoms with Crippen molar-refractivity contribution >= 4 is 16.8 Å². The molecule has 1 aromatic carbocycles. The quantitative estimate of drug-likeness (QED) is 0.905. The van der Waals surface area contributed by atoms with E-state index < -0.39 is 0 Å². The molecule has 1 heterocycles. The molecule has 3 nitrogen and oxygen atoms in total. The number of nitrogens with one attached hydrogen (secondary N) is 1. The Balaban J connectivity index is 1.72. The van der Waals surface area contributed by atoms with Crippen molar-refractivity contribution in [3.05, 3.63) is 42.1 Å². The van der Waals surface area contributed by atoms with E-state index in [1.807, 2.05) is 36.4 Å². The monoisotopic (exact) mass is 268 g/mol. The molecular weight excluding hydrogens is 248 g/mol. The number of fused-ring (bicyclic) bond motifs is 1. The van der Waals surface area contributed by atoms with Crippen LogP contribution in [0.1, 0.15) is 43.1 Å². The maximum atomic E-state index is 12.3. The van der Waals surface area contributed by atoms with Gasteiger partial charge in [0.05, 0.1) is 5.52 Å². The van der Waals surface area contributed by atoms with Crippen molar-refractivity contribution in [3.8, 4) is 0 Å². The van der Waals surface area contributed by atoms with Crippen molar-refractivity contribution in [2.45, 2.75) is 38.6 Å². The number of rotatable bonds is 2. The summed E-state index contributed by atoms with van der Waals surface area (Å²) in [7, 11) is 0. The van der Waals surface area contributed by atoms with Crippen LogP contribution < -0.4 is 5.32 Å². The van der Waals surface area contributed by atoms with Crippen LogP contribution >= 0.6 is 0 Å². The lowest BCUT2D eigenvalue weighted by molar-refractivity contribution is 0.0918. The highest BCUT2D eigenvalue weighted by atomic mass is 16.1. The molecule has 2 aromatic rings. The number of carbonyl (C=O) groups is 1. The van der Waals surface area contributed by atoms with Gasteiger partial charge in [-0.1, -0.05) is 31.2 Å². The lowest BCUT2D eigenvalue weighted by Crippen LogP contribution is -2.37. The van der Waals surface area contributed by atoms with Crippen LogP contribution in [0.2, 0.25) is 0 Å². The number of benzene rings is 1. The van der Waals surface area contributed by atoms with Crippen LogP contribution in [0.4, 0.5) is 0 Å². The molecule has 20 heavy (non-hydrogen) atoms. The van der Waals surface area contributed by atoms with Gasteiger partial charge in [0.1, 0.15) is 5.69 Å². The zero-order chi connectivity index (χ0) is 13.9. The molecule has 3 rings (SSSR count). The van der Waals surface area contributed by atoms with Gasteiger partial charge < -0.3 is 5.32 Å². The highest BCUT2D eigenvalue weighted by Gasteiger charge is 2.20. The fourth-order valence-corrected chi connectivity index (χ4v) is 2.86. The molecule has 1 fully saturated rings. The van der Waals surface area contributed by atoms with E-state index >= 15 is 0 Å². The standard InChI is InChI=1S/C17H20N2O/c1-12-6-9-14(10-7-12)18-17(20)16-11-8-13-4-2-3-5-15(13)19-16/h2-5,8,11-12,14H,6-7,9-10H2,1H3,(H,18,20). The van der Waals surface area contributed by atoms with Gasteiger partial charge in [-0.3, -0.25) is 4.79 Å². The molecule has 1 amide bonds. The summed E-state index contributed by atoms with van der Waals surface area (Å²) in [6, 6.07) is 11.9. The number of aromatic nitrogens is 1. The number of nitrogens with zero attached hydrogens (tertiary/aromatic N) is 1. The van der Waals surface area contributed by atoms with E-state index in [-0.39, 0.29) is 5.91 Å². The van der Waals surface area contributed by atoms with Crippen LogP contribution in [0.3, 0.4) is 0 Å². The Morgan fingerprint density at radius 2 is 1.85 bits per heavy atom. The minimum absolute atomic E-state index is 0.0460. The molecule has 1 N–H and O–H groups in total. The Bertz CT molecular complexity index is 615. The summed E-state index contributed by atoms with van der Waals surface area (Å²) in [6.45, 7) is 2.28. The molecule has 0 unspecified atom stereocenters. The summed E-state index contributed by atoms with van der Waals surface area (Å²) < 4.78 is 0. The molecule has 0 atom stereocenters. The molecule has 104 valence electrons. The van der Waals surface area contributed by atoms with E-state index in [9.17, 15) is 4.79 Å².